The van der Waals surface area contributed by atoms with E-state index in [1.807, 2.05) is 6.92 Å². The third-order valence-corrected chi connectivity index (χ3v) is 6.78. The Balaban J connectivity index is 1.75. The molecule has 0 aromatic heterocycles. The summed E-state index contributed by atoms with van der Waals surface area (Å²) < 4.78 is 32.6. The quantitative estimate of drug-likeness (QED) is 0.806. The molecule has 28 heavy (non-hydrogen) atoms. The molecule has 0 saturated carbocycles. The number of aryl methyl sites for hydroxylation is 2. The topological polar surface area (TPSA) is 75.7 Å². The van der Waals surface area contributed by atoms with E-state index in [2.05, 4.69) is 5.32 Å². The molecule has 1 heterocycles. The molecular weight excluding hydrogens is 376 g/mol. The van der Waals surface area contributed by atoms with Gasteiger partial charge in [0.2, 0.25) is 0 Å². The number of ether oxygens (including phenoxy) is 1. The molecule has 1 aliphatic rings. The summed E-state index contributed by atoms with van der Waals surface area (Å²) in [6.07, 6.45) is 2.06. The number of sulfonamides is 1. The first-order valence-electron chi connectivity index (χ1n) is 9.35. The Bertz CT molecular complexity index is 949. The minimum atomic E-state index is -3.67. The van der Waals surface area contributed by atoms with Crippen molar-refractivity contribution >= 4 is 21.6 Å². The van der Waals surface area contributed by atoms with Gasteiger partial charge in [0.25, 0.3) is 15.9 Å². The standard InChI is InChI=1S/C21H26N2O4S/c1-15-6-9-19(10-7-15)28(25,26)23(3)20-11-8-17(13-16(20)2)21(24)22-14-18-5-4-12-27-18/h6-11,13,18H,4-5,12,14H2,1-3H3,(H,22,24)/t18-/m0/s1. The van der Waals surface area contributed by atoms with Crippen LogP contribution in [0.2, 0.25) is 0 Å². The van der Waals surface area contributed by atoms with E-state index in [1.165, 1.54) is 11.4 Å². The first-order chi connectivity index (χ1) is 13.3. The Morgan fingerprint density at radius 1 is 1.18 bits per heavy atom. The van der Waals surface area contributed by atoms with Crippen LogP contribution in [0.15, 0.2) is 47.4 Å². The minimum Gasteiger partial charge on any atom is -0.376 e. The zero-order valence-electron chi connectivity index (χ0n) is 16.4. The molecule has 2 aromatic rings. The Kier molecular flexibility index (Phi) is 6.05. The van der Waals surface area contributed by atoms with Crippen LogP contribution in [0.1, 0.15) is 34.3 Å². The van der Waals surface area contributed by atoms with Crippen molar-refractivity contribution in [3.8, 4) is 0 Å². The van der Waals surface area contributed by atoms with Crippen molar-refractivity contribution < 1.29 is 17.9 Å². The van der Waals surface area contributed by atoms with E-state index in [9.17, 15) is 13.2 Å². The van der Waals surface area contributed by atoms with Gasteiger partial charge in [0.15, 0.2) is 0 Å². The van der Waals surface area contributed by atoms with Crippen LogP contribution in [0, 0.1) is 13.8 Å². The maximum Gasteiger partial charge on any atom is 0.264 e. The van der Waals surface area contributed by atoms with E-state index in [0.717, 1.165) is 25.0 Å². The van der Waals surface area contributed by atoms with Crippen molar-refractivity contribution in [2.24, 2.45) is 0 Å². The summed E-state index contributed by atoms with van der Waals surface area (Å²) in [4.78, 5) is 12.6. The maximum absolute atomic E-state index is 12.9. The molecule has 1 N–H and O–H groups in total. The van der Waals surface area contributed by atoms with Gasteiger partial charge in [-0.2, -0.15) is 0 Å². The average molecular weight is 403 g/mol. The lowest BCUT2D eigenvalue weighted by molar-refractivity contribution is 0.0857. The van der Waals surface area contributed by atoms with E-state index in [-0.39, 0.29) is 16.9 Å². The third kappa shape index (κ3) is 4.36. The summed E-state index contributed by atoms with van der Waals surface area (Å²) in [7, 11) is -2.15. The van der Waals surface area contributed by atoms with Crippen LogP contribution in [-0.4, -0.2) is 40.6 Å². The molecule has 0 unspecified atom stereocenters. The lowest BCUT2D eigenvalue weighted by Crippen LogP contribution is -2.32. The summed E-state index contributed by atoms with van der Waals surface area (Å²) in [6.45, 7) is 4.94. The first-order valence-corrected chi connectivity index (χ1v) is 10.8. The molecule has 3 rings (SSSR count). The summed E-state index contributed by atoms with van der Waals surface area (Å²) in [5.74, 6) is -0.186. The highest BCUT2D eigenvalue weighted by Gasteiger charge is 2.23. The van der Waals surface area contributed by atoms with Crippen molar-refractivity contribution in [3.63, 3.8) is 0 Å². The van der Waals surface area contributed by atoms with E-state index in [4.69, 9.17) is 4.74 Å². The molecule has 2 aromatic carbocycles. The average Bonchev–Trinajstić information content (AvgIpc) is 3.19. The van der Waals surface area contributed by atoms with E-state index in [1.54, 1.807) is 49.4 Å². The van der Waals surface area contributed by atoms with Crippen LogP contribution in [0.5, 0.6) is 0 Å². The van der Waals surface area contributed by atoms with Gasteiger partial charge in [0.1, 0.15) is 0 Å². The number of amides is 1. The molecule has 6 nitrogen and oxygen atoms in total. The number of benzene rings is 2. The number of carbonyl (C=O) groups is 1. The number of anilines is 1. The van der Waals surface area contributed by atoms with Crippen LogP contribution in [0.3, 0.4) is 0 Å². The predicted molar refractivity (Wildman–Crippen MR) is 109 cm³/mol. The van der Waals surface area contributed by atoms with Gasteiger partial charge in [-0.1, -0.05) is 17.7 Å². The smallest absolute Gasteiger partial charge is 0.264 e. The van der Waals surface area contributed by atoms with Gasteiger partial charge in [-0.3, -0.25) is 9.10 Å². The largest absolute Gasteiger partial charge is 0.376 e. The van der Waals surface area contributed by atoms with Crippen molar-refractivity contribution in [1.29, 1.82) is 0 Å². The van der Waals surface area contributed by atoms with Crippen molar-refractivity contribution in [2.45, 2.75) is 37.7 Å². The van der Waals surface area contributed by atoms with Crippen LogP contribution in [0.25, 0.3) is 0 Å². The van der Waals surface area contributed by atoms with Crippen LogP contribution in [-0.2, 0) is 14.8 Å². The van der Waals surface area contributed by atoms with Gasteiger partial charge in [0, 0.05) is 25.8 Å². The summed E-state index contributed by atoms with van der Waals surface area (Å²) >= 11 is 0. The molecular formula is C21H26N2O4S. The molecule has 1 aliphatic heterocycles. The highest BCUT2D eigenvalue weighted by atomic mass is 32.2. The fourth-order valence-corrected chi connectivity index (χ4v) is 4.52. The van der Waals surface area contributed by atoms with Gasteiger partial charge in [-0.05, 0) is 62.6 Å². The lowest BCUT2D eigenvalue weighted by atomic mass is 10.1. The Morgan fingerprint density at radius 2 is 1.89 bits per heavy atom. The molecule has 1 amide bonds. The monoisotopic (exact) mass is 402 g/mol. The van der Waals surface area contributed by atoms with Crippen LogP contribution >= 0.6 is 0 Å². The van der Waals surface area contributed by atoms with E-state index in [0.29, 0.717) is 23.4 Å². The second kappa shape index (κ2) is 8.32. The van der Waals surface area contributed by atoms with E-state index < -0.39 is 10.0 Å². The van der Waals surface area contributed by atoms with Crippen molar-refractivity contribution in [3.05, 3.63) is 59.2 Å². The van der Waals surface area contributed by atoms with Gasteiger partial charge >= 0.3 is 0 Å². The molecule has 1 atom stereocenters. The fourth-order valence-electron chi connectivity index (χ4n) is 3.26. The van der Waals surface area contributed by atoms with Gasteiger partial charge in [-0.15, -0.1) is 0 Å². The van der Waals surface area contributed by atoms with Crippen LogP contribution in [0.4, 0.5) is 5.69 Å². The summed E-state index contributed by atoms with van der Waals surface area (Å²) in [5.41, 5.74) is 2.75. The zero-order chi connectivity index (χ0) is 20.3. The highest BCUT2D eigenvalue weighted by Crippen LogP contribution is 2.26. The summed E-state index contributed by atoms with van der Waals surface area (Å²) in [6, 6.07) is 11.8. The highest BCUT2D eigenvalue weighted by molar-refractivity contribution is 7.92. The van der Waals surface area contributed by atoms with Crippen LogP contribution < -0.4 is 9.62 Å². The predicted octanol–water partition coefficient (Wildman–Crippen LogP) is 3.04. The van der Waals surface area contributed by atoms with Gasteiger partial charge in [0.05, 0.1) is 16.7 Å². The number of rotatable bonds is 6. The number of hydrogen-bond acceptors (Lipinski definition) is 4. The minimum absolute atomic E-state index is 0.0788. The zero-order valence-corrected chi connectivity index (χ0v) is 17.3. The fraction of sp³-hybridized carbons (Fsp3) is 0.381. The Labute approximate surface area is 166 Å². The van der Waals surface area contributed by atoms with Crippen molar-refractivity contribution in [1.82, 2.24) is 5.32 Å². The molecule has 7 heteroatoms. The molecule has 1 saturated heterocycles. The first kappa shape index (κ1) is 20.4. The number of nitrogens with one attached hydrogen (secondary N) is 1. The maximum atomic E-state index is 12.9. The molecule has 0 aliphatic carbocycles. The Hall–Kier alpha value is -2.38. The molecule has 0 spiro atoms. The molecule has 0 radical (unpaired) electrons. The van der Waals surface area contributed by atoms with Gasteiger partial charge in [-0.25, -0.2) is 8.42 Å². The second-order valence-corrected chi connectivity index (χ2v) is 9.10. The molecule has 1 fully saturated rings. The van der Waals surface area contributed by atoms with Gasteiger partial charge < -0.3 is 10.1 Å². The second-order valence-electron chi connectivity index (χ2n) is 7.13. The number of hydrogen-bond donors (Lipinski definition) is 1. The third-order valence-electron chi connectivity index (χ3n) is 4.99. The lowest BCUT2D eigenvalue weighted by Gasteiger charge is -2.22. The SMILES string of the molecule is Cc1ccc(S(=O)(=O)N(C)c2ccc(C(=O)NC[C@@H]3CCCO3)cc2C)cc1. The normalized spacial score (nSPS) is 16.8. The summed E-state index contributed by atoms with van der Waals surface area (Å²) in [5, 5.41) is 2.88. The number of carbonyl (C=O) groups excluding carboxylic acids is 1. The van der Waals surface area contributed by atoms with E-state index >= 15 is 0 Å². The molecule has 150 valence electrons. The number of nitrogens with zero attached hydrogens (tertiary/aromatic N) is 1. The molecule has 0 bridgehead atoms. The Morgan fingerprint density at radius 3 is 2.50 bits per heavy atom. The van der Waals surface area contributed by atoms with Crippen molar-refractivity contribution in [2.75, 3.05) is 24.5 Å².